The zero-order valence-corrected chi connectivity index (χ0v) is 37.6. The average Bonchev–Trinajstić information content (AvgIpc) is 3.50. The summed E-state index contributed by atoms with van der Waals surface area (Å²) >= 11 is 1.45. The second-order valence-corrected chi connectivity index (χ2v) is 21.4. The van der Waals surface area contributed by atoms with Gasteiger partial charge in [0, 0.05) is 71.6 Å². The number of carbonyl (C=O) groups is 3. The van der Waals surface area contributed by atoms with Gasteiger partial charge in [-0.05, 0) is 80.7 Å². The average molecular weight is 875 g/mol. The number of esters is 1. The molecule has 6 atom stereocenters. The van der Waals surface area contributed by atoms with Crippen LogP contribution in [0.4, 0.5) is 0 Å². The van der Waals surface area contributed by atoms with Crippen molar-refractivity contribution in [3.05, 3.63) is 58.2 Å². The van der Waals surface area contributed by atoms with Crippen LogP contribution in [-0.4, -0.2) is 102 Å². The zero-order chi connectivity index (χ0) is 43.2. The van der Waals surface area contributed by atoms with Crippen LogP contribution in [0, 0.1) is 23.2 Å². The molecule has 1 aliphatic carbocycles. The molecule has 1 saturated carbocycles. The van der Waals surface area contributed by atoms with Crippen molar-refractivity contribution in [1.82, 2.24) is 30.3 Å². The smallest absolute Gasteiger partial charge is 0.324 e. The monoisotopic (exact) mass is 874 g/mol. The second kappa shape index (κ2) is 17.5. The van der Waals surface area contributed by atoms with Crippen molar-refractivity contribution >= 4 is 49.9 Å². The number of fused-ring (bicyclic) bond motifs is 6. The maximum absolute atomic E-state index is 14.2. The Bertz CT molecular complexity index is 2390. The van der Waals surface area contributed by atoms with Crippen LogP contribution in [0.25, 0.3) is 33.4 Å². The third kappa shape index (κ3) is 9.29. The lowest BCUT2D eigenvalue weighted by atomic mass is 9.84. The van der Waals surface area contributed by atoms with Gasteiger partial charge >= 0.3 is 5.97 Å². The number of methoxy groups -OCH3 is 1. The van der Waals surface area contributed by atoms with Crippen LogP contribution in [0.5, 0.6) is 0 Å². The van der Waals surface area contributed by atoms with E-state index in [9.17, 15) is 22.8 Å². The molecule has 2 saturated heterocycles. The number of carbonyl (C=O) groups excluding carboxylic acids is 3. The fourth-order valence-corrected chi connectivity index (χ4v) is 11.5. The molecule has 6 bridgehead atoms. The molecule has 1 aromatic carbocycles. The van der Waals surface area contributed by atoms with Gasteiger partial charge in [0.15, 0.2) is 9.84 Å². The highest BCUT2D eigenvalue weighted by Crippen LogP contribution is 2.46. The molecule has 3 aromatic heterocycles. The lowest BCUT2D eigenvalue weighted by molar-refractivity contribution is -0.155. The van der Waals surface area contributed by atoms with Crippen molar-refractivity contribution in [3.63, 3.8) is 0 Å². The van der Waals surface area contributed by atoms with Gasteiger partial charge in [0.2, 0.25) is 5.91 Å². The molecule has 16 heteroatoms. The van der Waals surface area contributed by atoms with Gasteiger partial charge in [0.05, 0.1) is 59.0 Å². The predicted octanol–water partition coefficient (Wildman–Crippen LogP) is 5.68. The number of thiazole rings is 1. The highest BCUT2D eigenvalue weighted by Gasteiger charge is 2.49. The predicted molar refractivity (Wildman–Crippen MR) is 233 cm³/mol. The van der Waals surface area contributed by atoms with E-state index in [2.05, 4.69) is 53.4 Å². The first-order valence-electron chi connectivity index (χ1n) is 21.6. The molecule has 1 unspecified atom stereocenters. The van der Waals surface area contributed by atoms with Gasteiger partial charge in [-0.15, -0.1) is 11.3 Å². The van der Waals surface area contributed by atoms with E-state index >= 15 is 0 Å². The Balaban J connectivity index is 1.23. The number of hydrogen-bond donors (Lipinski definition) is 2. The van der Waals surface area contributed by atoms with Gasteiger partial charge in [-0.3, -0.25) is 24.4 Å². The molecule has 0 radical (unpaired) electrons. The van der Waals surface area contributed by atoms with Gasteiger partial charge in [0.25, 0.3) is 5.91 Å². The Kier molecular flexibility index (Phi) is 12.5. The molecule has 8 rings (SSSR count). The van der Waals surface area contributed by atoms with Crippen molar-refractivity contribution in [1.29, 1.82) is 0 Å². The lowest BCUT2D eigenvalue weighted by Gasteiger charge is -2.35. The molecule has 14 nitrogen and oxygen atoms in total. The van der Waals surface area contributed by atoms with Gasteiger partial charge < -0.3 is 24.1 Å². The fraction of sp³-hybridized carbons (Fsp3) is 0.578. The molecule has 6 heterocycles. The maximum atomic E-state index is 14.2. The van der Waals surface area contributed by atoms with E-state index in [1.807, 2.05) is 32.2 Å². The number of ether oxygens (including phenoxy) is 3. The van der Waals surface area contributed by atoms with E-state index in [0.29, 0.717) is 56.8 Å². The van der Waals surface area contributed by atoms with Crippen molar-refractivity contribution in [2.75, 3.05) is 38.4 Å². The summed E-state index contributed by atoms with van der Waals surface area (Å²) in [6.07, 6.45) is 4.12. The number of amides is 2. The van der Waals surface area contributed by atoms with Crippen LogP contribution in [-0.2, 0) is 57.8 Å². The Labute approximate surface area is 362 Å². The molecule has 2 N–H and O–H groups in total. The summed E-state index contributed by atoms with van der Waals surface area (Å²) in [6.45, 7) is 11.6. The quantitative estimate of drug-likeness (QED) is 0.199. The topological polar surface area (TPSA) is 171 Å². The Morgan fingerprint density at radius 3 is 2.64 bits per heavy atom. The largest absolute Gasteiger partial charge is 0.464 e. The molecular weight excluding hydrogens is 817 g/mol. The molecular formula is C45H58N6O8S2. The van der Waals surface area contributed by atoms with Crippen LogP contribution < -0.4 is 10.7 Å². The number of nitrogens with one attached hydrogen (secondary N) is 2. The van der Waals surface area contributed by atoms with Crippen LogP contribution in [0.1, 0.15) is 82.7 Å². The molecule has 2 amide bonds. The van der Waals surface area contributed by atoms with Gasteiger partial charge in [-0.1, -0.05) is 33.8 Å². The van der Waals surface area contributed by atoms with E-state index in [4.69, 9.17) is 24.2 Å². The van der Waals surface area contributed by atoms with Crippen LogP contribution in [0.2, 0.25) is 0 Å². The van der Waals surface area contributed by atoms with Crippen LogP contribution >= 0.6 is 11.3 Å². The van der Waals surface area contributed by atoms with Gasteiger partial charge in [-0.2, -0.15) is 0 Å². The second-order valence-electron chi connectivity index (χ2n) is 18.1. The number of sulfone groups is 1. The van der Waals surface area contributed by atoms with Crippen LogP contribution in [0.3, 0.4) is 0 Å². The Hall–Kier alpha value is -4.22. The van der Waals surface area contributed by atoms with Crippen molar-refractivity contribution in [2.45, 2.75) is 104 Å². The molecule has 328 valence electrons. The normalized spacial score (nSPS) is 26.1. The third-order valence-electron chi connectivity index (χ3n) is 13.1. The maximum Gasteiger partial charge on any atom is 0.324 e. The minimum atomic E-state index is -3.03. The molecule has 4 aromatic rings. The summed E-state index contributed by atoms with van der Waals surface area (Å²) < 4.78 is 45.0. The van der Waals surface area contributed by atoms with Crippen LogP contribution in [0.15, 0.2) is 41.9 Å². The summed E-state index contributed by atoms with van der Waals surface area (Å²) in [5.74, 6) is -0.276. The number of aromatic nitrogens is 3. The molecule has 61 heavy (non-hydrogen) atoms. The molecule has 3 aliphatic heterocycles. The van der Waals surface area contributed by atoms with Crippen molar-refractivity contribution in [2.24, 2.45) is 23.2 Å². The summed E-state index contributed by atoms with van der Waals surface area (Å²) in [6, 6.07) is 8.73. The molecule has 0 spiro atoms. The van der Waals surface area contributed by atoms with Crippen molar-refractivity contribution < 1.29 is 37.0 Å². The number of nitrogens with zero attached hydrogens (tertiary/aromatic N) is 4. The third-order valence-corrected chi connectivity index (χ3v) is 15.7. The number of hydrazine groups is 1. The number of pyridine rings is 1. The minimum absolute atomic E-state index is 0.123. The van der Waals surface area contributed by atoms with E-state index in [1.165, 1.54) is 16.3 Å². The molecule has 4 aliphatic rings. The highest BCUT2D eigenvalue weighted by atomic mass is 32.2. The Morgan fingerprint density at radius 1 is 1.13 bits per heavy atom. The van der Waals surface area contributed by atoms with E-state index in [-0.39, 0.29) is 66.3 Å². The van der Waals surface area contributed by atoms with E-state index < -0.39 is 33.3 Å². The molecule has 3 fully saturated rings. The summed E-state index contributed by atoms with van der Waals surface area (Å²) in [5.41, 5.74) is 8.95. The summed E-state index contributed by atoms with van der Waals surface area (Å²) in [5, 5.41) is 8.25. The summed E-state index contributed by atoms with van der Waals surface area (Å²) in [4.78, 5) is 51.4. The highest BCUT2D eigenvalue weighted by molar-refractivity contribution is 7.91. The minimum Gasteiger partial charge on any atom is -0.464 e. The first kappa shape index (κ1) is 43.4. The number of rotatable bonds is 9. The first-order valence-corrected chi connectivity index (χ1v) is 24.3. The lowest BCUT2D eigenvalue weighted by Crippen LogP contribution is -2.60. The Morgan fingerprint density at radius 2 is 1.90 bits per heavy atom. The number of cyclic esters (lactones) is 1. The fourth-order valence-electron chi connectivity index (χ4n) is 9.22. The number of benzene rings is 1. The SMILES string of the molecule is CO[C@@H](C)c1ncccc1-c1c2c3cc(ccc3n1CCOC1CCS(=O)(=O)CC1)-c1csc(n1)C[C@H](NC(=O)C1[C@@H](C)[C@H]1C)C(=O)N1CCC[C@H](N1)C(=O)OCC(C)(C)C2. The summed E-state index contributed by atoms with van der Waals surface area (Å²) in [7, 11) is -1.36. The first-order chi connectivity index (χ1) is 29.1. The zero-order valence-electron chi connectivity index (χ0n) is 35.9. The van der Waals surface area contributed by atoms with E-state index in [1.54, 1.807) is 13.3 Å². The van der Waals surface area contributed by atoms with E-state index in [0.717, 1.165) is 44.7 Å². The van der Waals surface area contributed by atoms with Crippen molar-refractivity contribution in [3.8, 4) is 22.5 Å². The van der Waals surface area contributed by atoms with Gasteiger partial charge in [0.1, 0.15) is 12.1 Å². The van der Waals surface area contributed by atoms with Gasteiger partial charge in [-0.25, -0.2) is 18.8 Å². The standard InChI is InChI=1S/C45H58N6O8S2/c1-26-27(2)39(26)42(52)48-35-22-38-47-36(24-60-38)29-11-12-37-32(21-29)33(23-45(4,5)25-59-44(54)34-10-8-16-51(49-34)43(35)53)41(31-9-7-15-46-40(31)28(3)57-6)50(37)17-18-58-30-13-19-61(55,56)20-14-30/h7,9,11-12,15,21,24,26-28,30,34-35,39,49H,8,10,13-14,16-20,22-23,25H2,1-6H3,(H,48,52)/t26-,27+,28-,34-,35-,39?/m0/s1. The number of hydrogen-bond acceptors (Lipinski definition) is 12.